The van der Waals surface area contributed by atoms with Crippen LogP contribution >= 0.6 is 0 Å². The topological polar surface area (TPSA) is 57.9 Å². The molecule has 1 fully saturated rings. The monoisotopic (exact) mass is 386 g/mol. The summed E-state index contributed by atoms with van der Waals surface area (Å²) in [6.45, 7) is 2.24. The van der Waals surface area contributed by atoms with Gasteiger partial charge in [-0.1, -0.05) is 42.5 Å². The second-order valence-electron chi connectivity index (χ2n) is 7.22. The van der Waals surface area contributed by atoms with Crippen molar-refractivity contribution in [2.75, 3.05) is 13.1 Å². The highest BCUT2D eigenvalue weighted by atomic mass is 19.4. The molecule has 146 valence electrons. The zero-order valence-corrected chi connectivity index (χ0v) is 15.2. The Bertz CT molecular complexity index is 919. The van der Waals surface area contributed by atoms with Crippen LogP contribution in [0.2, 0.25) is 0 Å². The zero-order chi connectivity index (χ0) is 19.7. The summed E-state index contributed by atoms with van der Waals surface area (Å²) < 4.78 is 38.4. The average Bonchev–Trinajstić information content (AvgIpc) is 3.28. The smallest absolute Gasteiger partial charge is 0.326 e. The molecule has 3 N–H and O–H groups in total. The molecule has 0 amide bonds. The average molecular weight is 386 g/mol. The highest BCUT2D eigenvalue weighted by molar-refractivity contribution is 5.63. The molecule has 4 nitrogen and oxygen atoms in total. The van der Waals surface area contributed by atoms with Crippen molar-refractivity contribution < 1.29 is 13.2 Å². The van der Waals surface area contributed by atoms with Crippen molar-refractivity contribution in [1.29, 1.82) is 0 Å². The first-order chi connectivity index (χ1) is 13.4. The van der Waals surface area contributed by atoms with Gasteiger partial charge in [-0.2, -0.15) is 18.3 Å². The Morgan fingerprint density at radius 1 is 1.04 bits per heavy atom. The van der Waals surface area contributed by atoms with E-state index >= 15 is 0 Å². The lowest BCUT2D eigenvalue weighted by molar-refractivity contribution is -0.137. The van der Waals surface area contributed by atoms with Crippen LogP contribution in [-0.2, 0) is 12.7 Å². The number of nitrogens with one attached hydrogen (secondary N) is 1. The Morgan fingerprint density at radius 2 is 1.75 bits per heavy atom. The first kappa shape index (κ1) is 18.7. The lowest BCUT2D eigenvalue weighted by atomic mass is 9.95. The van der Waals surface area contributed by atoms with Crippen molar-refractivity contribution in [2.24, 2.45) is 5.73 Å². The summed E-state index contributed by atoms with van der Waals surface area (Å²) in [7, 11) is 0. The number of nitrogens with zero attached hydrogens (tertiary/aromatic N) is 2. The van der Waals surface area contributed by atoms with Crippen LogP contribution in [0.4, 0.5) is 13.2 Å². The Morgan fingerprint density at radius 3 is 2.43 bits per heavy atom. The summed E-state index contributed by atoms with van der Waals surface area (Å²) in [4.78, 5) is 2.26. The van der Waals surface area contributed by atoms with E-state index in [1.54, 1.807) is 6.20 Å². The van der Waals surface area contributed by atoms with Crippen molar-refractivity contribution in [3.8, 4) is 11.3 Å². The second kappa shape index (κ2) is 7.41. The molecule has 1 aliphatic rings. The molecule has 4 rings (SSSR count). The number of alkyl halides is 3. The highest BCUT2D eigenvalue weighted by Crippen LogP contribution is 2.32. The van der Waals surface area contributed by atoms with E-state index in [9.17, 15) is 13.2 Å². The van der Waals surface area contributed by atoms with Gasteiger partial charge in [0, 0.05) is 37.2 Å². The molecule has 2 heterocycles. The lowest BCUT2D eigenvalue weighted by Crippen LogP contribution is -2.28. The number of H-pyrrole nitrogens is 1. The number of nitrogens with two attached hydrogens (primary N) is 1. The molecule has 0 radical (unpaired) electrons. The van der Waals surface area contributed by atoms with Gasteiger partial charge in [0.15, 0.2) is 0 Å². The fourth-order valence-electron chi connectivity index (χ4n) is 3.84. The van der Waals surface area contributed by atoms with Crippen molar-refractivity contribution in [3.05, 3.63) is 77.5 Å². The minimum atomic E-state index is -4.34. The van der Waals surface area contributed by atoms with E-state index in [1.165, 1.54) is 17.7 Å². The van der Waals surface area contributed by atoms with E-state index in [4.69, 9.17) is 5.73 Å². The number of aromatic nitrogens is 2. The van der Waals surface area contributed by atoms with Gasteiger partial charge in [-0.05, 0) is 23.3 Å². The third-order valence-corrected chi connectivity index (χ3v) is 5.28. The van der Waals surface area contributed by atoms with E-state index in [1.807, 2.05) is 18.2 Å². The van der Waals surface area contributed by atoms with Crippen LogP contribution in [0.15, 0.2) is 60.8 Å². The number of aromatic amines is 1. The Hall–Kier alpha value is -2.64. The van der Waals surface area contributed by atoms with Crippen molar-refractivity contribution in [2.45, 2.75) is 24.7 Å². The molecule has 2 aromatic carbocycles. The lowest BCUT2D eigenvalue weighted by Gasteiger charge is -2.16. The van der Waals surface area contributed by atoms with Crippen LogP contribution in [0.5, 0.6) is 0 Å². The molecule has 3 aromatic rings. The highest BCUT2D eigenvalue weighted by Gasteiger charge is 2.32. The first-order valence-corrected chi connectivity index (χ1v) is 9.14. The first-order valence-electron chi connectivity index (χ1n) is 9.14. The Balaban J connectivity index is 1.50. The molecule has 1 aliphatic heterocycles. The largest absolute Gasteiger partial charge is 0.416 e. The molecule has 0 aliphatic carbocycles. The van der Waals surface area contributed by atoms with Crippen LogP contribution in [0.1, 0.15) is 22.6 Å². The van der Waals surface area contributed by atoms with Gasteiger partial charge >= 0.3 is 6.18 Å². The maximum Gasteiger partial charge on any atom is 0.416 e. The number of hydrogen-bond acceptors (Lipinski definition) is 3. The Labute approximate surface area is 161 Å². The number of rotatable bonds is 4. The summed E-state index contributed by atoms with van der Waals surface area (Å²) in [6, 6.07) is 15.4. The number of benzene rings is 2. The van der Waals surface area contributed by atoms with E-state index in [0.29, 0.717) is 12.1 Å². The number of halogens is 3. The Kier molecular flexibility index (Phi) is 4.95. The molecule has 28 heavy (non-hydrogen) atoms. The fraction of sp³-hybridized carbons (Fsp3) is 0.286. The van der Waals surface area contributed by atoms with Gasteiger partial charge in [-0.3, -0.25) is 10.00 Å². The molecule has 0 bridgehead atoms. The van der Waals surface area contributed by atoms with Crippen molar-refractivity contribution in [1.82, 2.24) is 15.1 Å². The standard InChI is InChI=1S/C21H21F3N4/c22-21(23,24)17-8-6-15(7-9-17)20-16(10-26-27-20)11-28-12-18(19(25)13-28)14-4-2-1-3-5-14/h1-10,18-19H,11-13,25H2,(H,26,27)/t18-,19+/m0/s1. The predicted octanol–water partition coefficient (Wildman–Crippen LogP) is 4.02. The van der Waals surface area contributed by atoms with Crippen molar-refractivity contribution in [3.63, 3.8) is 0 Å². The number of likely N-dealkylation sites (tertiary alicyclic amines) is 1. The summed E-state index contributed by atoms with van der Waals surface area (Å²) in [5.74, 6) is 0.266. The van der Waals surface area contributed by atoms with Crippen LogP contribution in [-0.4, -0.2) is 34.2 Å². The van der Waals surface area contributed by atoms with Gasteiger partial charge in [0.1, 0.15) is 0 Å². The third-order valence-electron chi connectivity index (χ3n) is 5.28. The summed E-state index contributed by atoms with van der Waals surface area (Å²) >= 11 is 0. The maximum atomic E-state index is 12.8. The summed E-state index contributed by atoms with van der Waals surface area (Å²) in [6.07, 6.45) is -2.61. The van der Waals surface area contributed by atoms with Crippen LogP contribution < -0.4 is 5.73 Å². The minimum absolute atomic E-state index is 0.0452. The molecule has 2 atom stereocenters. The molecule has 0 saturated carbocycles. The minimum Gasteiger partial charge on any atom is -0.326 e. The van der Waals surface area contributed by atoms with E-state index < -0.39 is 11.7 Å². The van der Waals surface area contributed by atoms with E-state index in [2.05, 4.69) is 27.2 Å². The van der Waals surface area contributed by atoms with Crippen LogP contribution in [0, 0.1) is 0 Å². The van der Waals surface area contributed by atoms with Gasteiger partial charge in [0.25, 0.3) is 0 Å². The van der Waals surface area contributed by atoms with Gasteiger partial charge in [-0.25, -0.2) is 0 Å². The third kappa shape index (κ3) is 3.81. The summed E-state index contributed by atoms with van der Waals surface area (Å²) in [5, 5.41) is 7.02. The summed E-state index contributed by atoms with van der Waals surface area (Å²) in [5.41, 5.74) is 9.31. The zero-order valence-electron chi connectivity index (χ0n) is 15.2. The van der Waals surface area contributed by atoms with E-state index in [0.717, 1.165) is 36.5 Å². The molecular weight excluding hydrogens is 365 g/mol. The van der Waals surface area contributed by atoms with E-state index in [-0.39, 0.29) is 12.0 Å². The molecular formula is C21H21F3N4. The fourth-order valence-corrected chi connectivity index (χ4v) is 3.84. The van der Waals surface area contributed by atoms with Gasteiger partial charge < -0.3 is 5.73 Å². The SMILES string of the molecule is N[C@@H]1CN(Cc2cn[nH]c2-c2ccc(C(F)(F)F)cc2)C[C@H]1c1ccccc1. The predicted molar refractivity (Wildman–Crippen MR) is 101 cm³/mol. The van der Waals surface area contributed by atoms with Crippen molar-refractivity contribution >= 4 is 0 Å². The van der Waals surface area contributed by atoms with Gasteiger partial charge in [0.2, 0.25) is 0 Å². The molecule has 0 unspecified atom stereocenters. The second-order valence-corrected chi connectivity index (χ2v) is 7.22. The molecule has 7 heteroatoms. The van der Waals surface area contributed by atoms with Crippen LogP contribution in [0.3, 0.4) is 0 Å². The quantitative estimate of drug-likeness (QED) is 0.712. The van der Waals surface area contributed by atoms with Gasteiger partial charge in [-0.15, -0.1) is 0 Å². The molecule has 0 spiro atoms. The normalized spacial score (nSPS) is 20.6. The maximum absolute atomic E-state index is 12.8. The molecule has 1 saturated heterocycles. The number of hydrogen-bond donors (Lipinski definition) is 2. The van der Waals surface area contributed by atoms with Gasteiger partial charge in [0.05, 0.1) is 17.5 Å². The molecule has 1 aromatic heterocycles. The van der Waals surface area contributed by atoms with Crippen LogP contribution in [0.25, 0.3) is 11.3 Å².